The van der Waals surface area contributed by atoms with Gasteiger partial charge in [-0.1, -0.05) is 65.2 Å². The van der Waals surface area contributed by atoms with Crippen LogP contribution in [0.3, 0.4) is 0 Å². The molecule has 0 aliphatic carbocycles. The number of nitrogens with zero attached hydrogens (tertiary/aromatic N) is 3. The van der Waals surface area contributed by atoms with Crippen molar-refractivity contribution in [1.29, 1.82) is 0 Å². The zero-order valence-corrected chi connectivity index (χ0v) is 15.4. The average molecular weight is 363 g/mol. The Kier molecular flexibility index (Phi) is 5.07. The Balaban J connectivity index is 1.41. The van der Waals surface area contributed by atoms with Gasteiger partial charge in [0.05, 0.1) is 0 Å². The molecule has 0 atom stereocenters. The Labute approximate surface area is 157 Å². The van der Waals surface area contributed by atoms with Crippen molar-refractivity contribution in [3.63, 3.8) is 0 Å². The van der Waals surface area contributed by atoms with Crippen LogP contribution in [0.15, 0.2) is 60.7 Å². The summed E-state index contributed by atoms with van der Waals surface area (Å²) in [6, 6.07) is 20.4. The van der Waals surface area contributed by atoms with Crippen LogP contribution in [0.5, 0.6) is 0 Å². The number of likely N-dealkylation sites (tertiary alicyclic amines) is 1. The maximum atomic E-state index is 13.0. The zero-order chi connectivity index (χ0) is 17.8. The van der Waals surface area contributed by atoms with Crippen LogP contribution in [0.4, 0.5) is 0 Å². The Hall–Kier alpha value is -2.53. The van der Waals surface area contributed by atoms with E-state index in [1.807, 2.05) is 35.2 Å². The zero-order valence-electron chi connectivity index (χ0n) is 14.5. The summed E-state index contributed by atoms with van der Waals surface area (Å²) >= 11 is 1.20. The van der Waals surface area contributed by atoms with Gasteiger partial charge in [0, 0.05) is 18.7 Å². The predicted octanol–water partition coefficient (Wildman–Crippen LogP) is 4.30. The van der Waals surface area contributed by atoms with Crippen LogP contribution < -0.4 is 0 Å². The van der Waals surface area contributed by atoms with Gasteiger partial charge >= 0.3 is 0 Å². The maximum Gasteiger partial charge on any atom is 0.267 e. The molecule has 2 aromatic carbocycles. The minimum absolute atomic E-state index is 0.0667. The van der Waals surface area contributed by atoms with Crippen molar-refractivity contribution in [1.82, 2.24) is 14.5 Å². The number of hydrogen-bond donors (Lipinski definition) is 0. The van der Waals surface area contributed by atoms with E-state index in [2.05, 4.69) is 39.9 Å². The molecule has 0 N–H and O–H groups in total. The van der Waals surface area contributed by atoms with Crippen LogP contribution in [0.1, 0.15) is 28.1 Å². The molecule has 132 valence electrons. The fourth-order valence-corrected chi connectivity index (χ4v) is 4.20. The molecule has 1 aliphatic rings. The summed E-state index contributed by atoms with van der Waals surface area (Å²) in [5.41, 5.74) is 3.03. The molecule has 1 fully saturated rings. The van der Waals surface area contributed by atoms with E-state index in [1.54, 1.807) is 0 Å². The van der Waals surface area contributed by atoms with Crippen molar-refractivity contribution in [2.24, 2.45) is 5.92 Å². The largest absolute Gasteiger partial charge is 0.338 e. The van der Waals surface area contributed by atoms with Crippen molar-refractivity contribution >= 4 is 17.4 Å². The predicted molar refractivity (Wildman–Crippen MR) is 104 cm³/mol. The molecule has 0 spiro atoms. The first kappa shape index (κ1) is 16.9. The van der Waals surface area contributed by atoms with Gasteiger partial charge in [0.25, 0.3) is 5.91 Å². The molecular formula is C21H21N3OS. The first-order valence-electron chi connectivity index (χ1n) is 9.02. The second kappa shape index (κ2) is 7.79. The number of amides is 1. The van der Waals surface area contributed by atoms with Gasteiger partial charge in [-0.25, -0.2) is 0 Å². The lowest BCUT2D eigenvalue weighted by molar-refractivity contribution is 0.0696. The van der Waals surface area contributed by atoms with E-state index >= 15 is 0 Å². The van der Waals surface area contributed by atoms with Crippen molar-refractivity contribution < 1.29 is 4.79 Å². The van der Waals surface area contributed by atoms with Crippen LogP contribution in [0.2, 0.25) is 0 Å². The lowest BCUT2D eigenvalue weighted by Crippen LogP contribution is -2.38. The number of rotatable bonds is 4. The first-order chi connectivity index (χ1) is 12.8. The van der Waals surface area contributed by atoms with E-state index in [4.69, 9.17) is 0 Å². The van der Waals surface area contributed by atoms with E-state index in [9.17, 15) is 4.79 Å². The van der Waals surface area contributed by atoms with Gasteiger partial charge in [0.2, 0.25) is 0 Å². The summed E-state index contributed by atoms with van der Waals surface area (Å²) in [5.74, 6) is 0.714. The van der Waals surface area contributed by atoms with Crippen molar-refractivity contribution in [2.75, 3.05) is 13.1 Å². The number of aromatic nitrogens is 2. The van der Waals surface area contributed by atoms with E-state index in [0.29, 0.717) is 16.5 Å². The molecule has 3 aromatic rings. The molecule has 1 aliphatic heterocycles. The molecule has 4 rings (SSSR count). The van der Waals surface area contributed by atoms with Gasteiger partial charge < -0.3 is 4.90 Å². The molecule has 2 heterocycles. The topological polar surface area (TPSA) is 46.1 Å². The van der Waals surface area contributed by atoms with Crippen LogP contribution in [0.25, 0.3) is 11.3 Å². The average Bonchev–Trinajstić information content (AvgIpc) is 3.19. The minimum Gasteiger partial charge on any atom is -0.338 e. The molecule has 0 radical (unpaired) electrons. The van der Waals surface area contributed by atoms with Crippen LogP contribution in [-0.4, -0.2) is 33.5 Å². The molecule has 0 unspecified atom stereocenters. The molecule has 26 heavy (non-hydrogen) atoms. The summed E-state index contributed by atoms with van der Waals surface area (Å²) in [6.45, 7) is 1.62. The van der Waals surface area contributed by atoms with Crippen LogP contribution in [0, 0.1) is 5.92 Å². The Bertz CT molecular complexity index is 855. The van der Waals surface area contributed by atoms with E-state index in [-0.39, 0.29) is 5.91 Å². The number of piperidine rings is 1. The van der Waals surface area contributed by atoms with Gasteiger partial charge in [0.15, 0.2) is 0 Å². The lowest BCUT2D eigenvalue weighted by Gasteiger charge is -2.31. The van der Waals surface area contributed by atoms with Gasteiger partial charge in [-0.15, -0.1) is 5.10 Å². The Morgan fingerprint density at radius 2 is 1.65 bits per heavy atom. The highest BCUT2D eigenvalue weighted by Crippen LogP contribution is 2.28. The number of hydrogen-bond acceptors (Lipinski definition) is 4. The van der Waals surface area contributed by atoms with Gasteiger partial charge in [-0.05, 0) is 42.3 Å². The molecule has 0 bridgehead atoms. The number of carbonyl (C=O) groups excluding carboxylic acids is 1. The second-order valence-corrected chi connectivity index (χ2v) is 7.50. The normalized spacial score (nSPS) is 15.2. The highest BCUT2D eigenvalue weighted by Gasteiger charge is 2.27. The van der Waals surface area contributed by atoms with Gasteiger partial charge in [-0.3, -0.25) is 4.79 Å². The third kappa shape index (κ3) is 3.68. The molecule has 4 nitrogen and oxygen atoms in total. The summed E-state index contributed by atoms with van der Waals surface area (Å²) in [5, 5.41) is 4.19. The van der Waals surface area contributed by atoms with Gasteiger partial charge in [-0.2, -0.15) is 0 Å². The third-order valence-electron chi connectivity index (χ3n) is 5.00. The first-order valence-corrected chi connectivity index (χ1v) is 9.79. The Morgan fingerprint density at radius 1 is 1.00 bits per heavy atom. The molecule has 0 saturated carbocycles. The fraction of sp³-hybridized carbons (Fsp3) is 0.286. The molecule has 1 amide bonds. The van der Waals surface area contributed by atoms with E-state index in [0.717, 1.165) is 37.9 Å². The highest BCUT2D eigenvalue weighted by atomic mass is 32.1. The third-order valence-corrected chi connectivity index (χ3v) is 5.71. The Morgan fingerprint density at radius 3 is 2.35 bits per heavy atom. The van der Waals surface area contributed by atoms with Crippen molar-refractivity contribution in [3.8, 4) is 11.3 Å². The SMILES string of the molecule is O=C(c1snnc1-c1ccccc1)N1CCC(Cc2ccccc2)CC1. The molecular weight excluding hydrogens is 342 g/mol. The van der Waals surface area contributed by atoms with E-state index < -0.39 is 0 Å². The molecule has 1 aromatic heterocycles. The molecule has 1 saturated heterocycles. The maximum absolute atomic E-state index is 13.0. The second-order valence-electron chi connectivity index (χ2n) is 6.74. The van der Waals surface area contributed by atoms with E-state index in [1.165, 1.54) is 17.1 Å². The fourth-order valence-electron chi connectivity index (χ4n) is 3.55. The quantitative estimate of drug-likeness (QED) is 0.694. The van der Waals surface area contributed by atoms with Crippen LogP contribution >= 0.6 is 11.5 Å². The van der Waals surface area contributed by atoms with Crippen molar-refractivity contribution in [2.45, 2.75) is 19.3 Å². The van der Waals surface area contributed by atoms with Gasteiger partial charge in [0.1, 0.15) is 10.6 Å². The lowest BCUT2D eigenvalue weighted by atomic mass is 9.90. The van der Waals surface area contributed by atoms with Crippen LogP contribution in [-0.2, 0) is 6.42 Å². The molecule has 5 heteroatoms. The smallest absolute Gasteiger partial charge is 0.267 e. The highest BCUT2D eigenvalue weighted by molar-refractivity contribution is 7.08. The monoisotopic (exact) mass is 363 g/mol. The summed E-state index contributed by atoms with van der Waals surface area (Å²) < 4.78 is 4.03. The summed E-state index contributed by atoms with van der Waals surface area (Å²) in [6.07, 6.45) is 3.20. The summed E-state index contributed by atoms with van der Waals surface area (Å²) in [4.78, 5) is 15.6. The number of carbonyl (C=O) groups is 1. The number of benzene rings is 2. The summed E-state index contributed by atoms with van der Waals surface area (Å²) in [7, 11) is 0. The van der Waals surface area contributed by atoms with Crippen molar-refractivity contribution in [3.05, 3.63) is 71.1 Å². The standard InChI is InChI=1S/C21H21N3OS/c25-21(20-19(22-23-26-20)18-9-5-2-6-10-18)24-13-11-17(12-14-24)15-16-7-3-1-4-8-16/h1-10,17H,11-15H2. The minimum atomic E-state index is 0.0667.